The summed E-state index contributed by atoms with van der Waals surface area (Å²) >= 11 is 0. The molecule has 0 bridgehead atoms. The van der Waals surface area contributed by atoms with Crippen molar-refractivity contribution in [2.24, 2.45) is 10.6 Å². The molecule has 0 aromatic rings. The lowest BCUT2D eigenvalue weighted by atomic mass is 9.90. The van der Waals surface area contributed by atoms with Gasteiger partial charge in [-0.25, -0.2) is 13.6 Å². The molecule has 0 amide bonds. The van der Waals surface area contributed by atoms with Crippen molar-refractivity contribution >= 4 is 10.0 Å². The Bertz CT molecular complexity index is 308. The lowest BCUT2D eigenvalue weighted by Crippen LogP contribution is -2.35. The minimum Gasteiger partial charge on any atom is -0.381 e. The highest BCUT2D eigenvalue weighted by Gasteiger charge is 2.37. The molecule has 0 aromatic heterocycles. The highest BCUT2D eigenvalue weighted by Crippen LogP contribution is 2.39. The smallest absolute Gasteiger partial charge is 0.209 e. The van der Waals surface area contributed by atoms with Crippen LogP contribution in [0.25, 0.3) is 0 Å². The van der Waals surface area contributed by atoms with E-state index >= 15 is 0 Å². The molecule has 17 heavy (non-hydrogen) atoms. The number of sulfonamides is 1. The van der Waals surface area contributed by atoms with Gasteiger partial charge < -0.3 is 4.74 Å². The average Bonchev–Trinajstić information content (AvgIpc) is 2.64. The van der Waals surface area contributed by atoms with Crippen LogP contribution in [0.3, 0.4) is 0 Å². The third kappa shape index (κ3) is 5.84. The van der Waals surface area contributed by atoms with Gasteiger partial charge in [0.05, 0.1) is 12.4 Å². The molecule has 0 unspecified atom stereocenters. The molecule has 1 fully saturated rings. The predicted molar refractivity (Wildman–Crippen MR) is 69.2 cm³/mol. The van der Waals surface area contributed by atoms with Gasteiger partial charge in [-0.15, -0.1) is 0 Å². The van der Waals surface area contributed by atoms with Crippen molar-refractivity contribution in [1.82, 2.24) is 0 Å². The average molecular weight is 263 g/mol. The summed E-state index contributed by atoms with van der Waals surface area (Å²) in [6, 6.07) is 0. The molecule has 0 aliphatic heterocycles. The van der Waals surface area contributed by atoms with Gasteiger partial charge in [0.2, 0.25) is 10.0 Å². The van der Waals surface area contributed by atoms with Crippen molar-refractivity contribution in [2.45, 2.75) is 51.9 Å². The van der Waals surface area contributed by atoms with Gasteiger partial charge in [0.1, 0.15) is 0 Å². The summed E-state index contributed by atoms with van der Waals surface area (Å²) < 4.78 is 28.1. The third-order valence-electron chi connectivity index (χ3n) is 3.47. The molecular weight excluding hydrogens is 238 g/mol. The number of primary sulfonamides is 1. The van der Waals surface area contributed by atoms with E-state index in [-0.39, 0.29) is 11.2 Å². The first-order valence-corrected chi connectivity index (χ1v) is 8.27. The van der Waals surface area contributed by atoms with Crippen molar-refractivity contribution in [1.29, 1.82) is 0 Å². The second-order valence-corrected chi connectivity index (χ2v) is 6.89. The molecule has 0 heterocycles. The standard InChI is InChI=1S/C12H25NO3S/c1-2-3-6-9-16-10-12(7-4-5-8-12)11-17(13,14)15/h2-11H2,1H3,(H2,13,14,15). The summed E-state index contributed by atoms with van der Waals surface area (Å²) in [5.41, 5.74) is -0.209. The van der Waals surface area contributed by atoms with Crippen LogP contribution in [0.1, 0.15) is 51.9 Å². The number of hydrogen-bond acceptors (Lipinski definition) is 3. The maximum absolute atomic E-state index is 11.2. The topological polar surface area (TPSA) is 69.4 Å². The lowest BCUT2D eigenvalue weighted by Gasteiger charge is -2.27. The largest absolute Gasteiger partial charge is 0.381 e. The van der Waals surface area contributed by atoms with Crippen molar-refractivity contribution in [2.75, 3.05) is 19.0 Å². The Morgan fingerprint density at radius 3 is 2.41 bits per heavy atom. The van der Waals surface area contributed by atoms with Crippen molar-refractivity contribution in [3.63, 3.8) is 0 Å². The summed E-state index contributed by atoms with van der Waals surface area (Å²) in [5, 5.41) is 5.17. The number of ether oxygens (including phenoxy) is 1. The molecule has 0 radical (unpaired) electrons. The Labute approximate surface area is 105 Å². The SMILES string of the molecule is CCCCCOCC1(CS(N)(=O)=O)CCCC1. The van der Waals surface area contributed by atoms with Gasteiger partial charge >= 0.3 is 0 Å². The number of hydrogen-bond donors (Lipinski definition) is 1. The van der Waals surface area contributed by atoms with Gasteiger partial charge in [-0.05, 0) is 19.3 Å². The van der Waals surface area contributed by atoms with E-state index in [1.807, 2.05) is 0 Å². The normalized spacial score (nSPS) is 19.6. The maximum Gasteiger partial charge on any atom is 0.209 e. The lowest BCUT2D eigenvalue weighted by molar-refractivity contribution is 0.0558. The van der Waals surface area contributed by atoms with Gasteiger partial charge in [-0.3, -0.25) is 0 Å². The fourth-order valence-electron chi connectivity index (χ4n) is 2.62. The molecule has 0 atom stereocenters. The van der Waals surface area contributed by atoms with Crippen molar-refractivity contribution in [3.05, 3.63) is 0 Å². The zero-order valence-electron chi connectivity index (χ0n) is 10.8. The molecule has 0 saturated heterocycles. The molecule has 5 heteroatoms. The van der Waals surface area contributed by atoms with Crippen LogP contribution < -0.4 is 5.14 Å². The quantitative estimate of drug-likeness (QED) is 0.681. The number of unbranched alkanes of at least 4 members (excludes halogenated alkanes) is 2. The summed E-state index contributed by atoms with van der Waals surface area (Å²) in [7, 11) is -3.39. The van der Waals surface area contributed by atoms with Crippen LogP contribution in [-0.4, -0.2) is 27.4 Å². The van der Waals surface area contributed by atoms with E-state index in [1.165, 1.54) is 12.8 Å². The predicted octanol–water partition coefficient (Wildman–Crippen LogP) is 2.04. The Morgan fingerprint density at radius 2 is 1.88 bits per heavy atom. The minimum atomic E-state index is -3.39. The van der Waals surface area contributed by atoms with Crippen molar-refractivity contribution < 1.29 is 13.2 Å². The Kier molecular flexibility index (Phi) is 5.89. The zero-order valence-corrected chi connectivity index (χ0v) is 11.6. The van der Waals surface area contributed by atoms with E-state index in [2.05, 4.69) is 6.92 Å². The van der Waals surface area contributed by atoms with Gasteiger partial charge in [0.25, 0.3) is 0 Å². The second kappa shape index (κ2) is 6.71. The van der Waals surface area contributed by atoms with E-state index < -0.39 is 10.0 Å². The first kappa shape index (κ1) is 14.9. The fraction of sp³-hybridized carbons (Fsp3) is 1.00. The highest BCUT2D eigenvalue weighted by molar-refractivity contribution is 7.89. The highest BCUT2D eigenvalue weighted by atomic mass is 32.2. The first-order chi connectivity index (χ1) is 7.97. The first-order valence-electron chi connectivity index (χ1n) is 6.56. The molecule has 0 spiro atoms. The molecule has 1 aliphatic carbocycles. The van der Waals surface area contributed by atoms with Crippen LogP contribution in [0, 0.1) is 5.41 Å². The van der Waals surface area contributed by atoms with Crippen LogP contribution >= 0.6 is 0 Å². The molecule has 1 saturated carbocycles. The molecule has 1 aliphatic rings. The molecule has 2 N–H and O–H groups in total. The van der Waals surface area contributed by atoms with Crippen LogP contribution in [0.2, 0.25) is 0 Å². The number of rotatable bonds is 8. The van der Waals surface area contributed by atoms with E-state index in [1.54, 1.807) is 0 Å². The summed E-state index contributed by atoms with van der Waals surface area (Å²) in [6.45, 7) is 3.44. The van der Waals surface area contributed by atoms with Gasteiger partial charge in [0, 0.05) is 12.0 Å². The second-order valence-electron chi connectivity index (χ2n) is 5.27. The molecular formula is C12H25NO3S. The van der Waals surface area contributed by atoms with E-state index in [0.717, 1.165) is 38.7 Å². The Hall–Kier alpha value is -0.130. The monoisotopic (exact) mass is 263 g/mol. The van der Waals surface area contributed by atoms with E-state index in [0.29, 0.717) is 6.61 Å². The molecule has 0 aromatic carbocycles. The fourth-order valence-corrected chi connectivity index (χ4v) is 3.85. The Balaban J connectivity index is 2.38. The van der Waals surface area contributed by atoms with E-state index in [9.17, 15) is 8.42 Å². The summed E-state index contributed by atoms with van der Waals surface area (Å²) in [5.74, 6) is 0.0772. The Morgan fingerprint density at radius 1 is 1.24 bits per heavy atom. The molecule has 102 valence electrons. The number of nitrogens with two attached hydrogens (primary N) is 1. The zero-order chi connectivity index (χ0) is 12.8. The van der Waals surface area contributed by atoms with Crippen LogP contribution in [0.15, 0.2) is 0 Å². The van der Waals surface area contributed by atoms with Crippen LogP contribution in [-0.2, 0) is 14.8 Å². The van der Waals surface area contributed by atoms with Gasteiger partial charge in [-0.2, -0.15) is 0 Å². The third-order valence-corrected chi connectivity index (χ3v) is 4.49. The molecule has 4 nitrogen and oxygen atoms in total. The van der Waals surface area contributed by atoms with Crippen LogP contribution in [0.4, 0.5) is 0 Å². The van der Waals surface area contributed by atoms with Gasteiger partial charge in [0.15, 0.2) is 0 Å². The van der Waals surface area contributed by atoms with E-state index in [4.69, 9.17) is 9.88 Å². The maximum atomic E-state index is 11.2. The van der Waals surface area contributed by atoms with Crippen molar-refractivity contribution in [3.8, 4) is 0 Å². The molecule has 1 rings (SSSR count). The van der Waals surface area contributed by atoms with Gasteiger partial charge in [-0.1, -0.05) is 32.6 Å². The minimum absolute atomic E-state index is 0.0772. The summed E-state index contributed by atoms with van der Waals surface area (Å²) in [6.07, 6.45) is 7.44. The summed E-state index contributed by atoms with van der Waals surface area (Å²) in [4.78, 5) is 0. The van der Waals surface area contributed by atoms with Crippen LogP contribution in [0.5, 0.6) is 0 Å².